The van der Waals surface area contributed by atoms with Crippen molar-refractivity contribution in [3.8, 4) is 6.07 Å². The Morgan fingerprint density at radius 3 is 2.38 bits per heavy atom. The van der Waals surface area contributed by atoms with Gasteiger partial charge in [0.1, 0.15) is 23.2 Å². The Morgan fingerprint density at radius 2 is 1.85 bits per heavy atom. The number of carbonyl (C=O) groups is 2. The molecule has 0 radical (unpaired) electrons. The van der Waals surface area contributed by atoms with E-state index >= 15 is 4.39 Å². The summed E-state index contributed by atoms with van der Waals surface area (Å²) in [5.41, 5.74) is -2.69. The molecule has 0 aliphatic heterocycles. The number of carbonyl (C=O) groups excluding carboxylic acids is 2. The van der Waals surface area contributed by atoms with Crippen molar-refractivity contribution in [2.75, 3.05) is 18.2 Å². The molecule has 1 amide bonds. The van der Waals surface area contributed by atoms with Crippen molar-refractivity contribution < 1.29 is 46.7 Å². The van der Waals surface area contributed by atoms with Crippen molar-refractivity contribution in [3.05, 3.63) is 23.3 Å². The zero-order valence-corrected chi connectivity index (χ0v) is 24.0. The maximum atomic E-state index is 15.3. The van der Waals surface area contributed by atoms with E-state index in [0.29, 0.717) is 12.8 Å². The lowest BCUT2D eigenvalue weighted by Crippen LogP contribution is -2.41. The molecule has 2 N–H and O–H groups in total. The van der Waals surface area contributed by atoms with E-state index in [2.05, 4.69) is 9.51 Å². The zero-order chi connectivity index (χ0) is 30.2. The molecule has 3 rings (SSSR count). The molecule has 220 valence electrons. The second-order valence-corrected chi connectivity index (χ2v) is 13.1. The van der Waals surface area contributed by atoms with Crippen molar-refractivity contribution >= 4 is 36.9 Å². The van der Waals surface area contributed by atoms with Gasteiger partial charge in [0.15, 0.2) is 18.4 Å². The van der Waals surface area contributed by atoms with E-state index in [-0.39, 0.29) is 30.4 Å². The molecule has 0 atom stereocenters. The zero-order valence-electron chi connectivity index (χ0n) is 23.1. The number of benzene rings is 1. The Kier molecular flexibility index (Phi) is 8.96. The van der Waals surface area contributed by atoms with Gasteiger partial charge >= 0.3 is 14.0 Å². The van der Waals surface area contributed by atoms with Gasteiger partial charge in [-0.2, -0.15) is 5.26 Å². The van der Waals surface area contributed by atoms with E-state index in [4.69, 9.17) is 19.3 Å². The molecule has 1 aromatic heterocycles. The summed E-state index contributed by atoms with van der Waals surface area (Å²) in [5, 5.41) is 9.29. The molecular weight excluding hydrogens is 553 g/mol. The number of anilines is 1. The predicted octanol–water partition coefficient (Wildman–Crippen LogP) is 4.71. The number of rotatable bonds is 8. The summed E-state index contributed by atoms with van der Waals surface area (Å²) in [6.07, 6.45) is -1.14. The number of imidazole rings is 1. The van der Waals surface area contributed by atoms with Gasteiger partial charge in [0, 0.05) is 12.0 Å². The van der Waals surface area contributed by atoms with Crippen LogP contribution in [-0.4, -0.2) is 50.8 Å². The number of nitrogens with zero attached hydrogens (tertiary/aromatic N) is 4. The van der Waals surface area contributed by atoms with Gasteiger partial charge in [0.2, 0.25) is 11.9 Å². The highest BCUT2D eigenvalue weighted by Gasteiger charge is 2.36. The average Bonchev–Trinajstić information content (AvgIpc) is 3.17. The smallest absolute Gasteiger partial charge is 0.431 e. The number of fused-ring (bicyclic) bond motifs is 1. The first kappa shape index (κ1) is 31.4. The van der Waals surface area contributed by atoms with E-state index in [0.717, 1.165) is 11.0 Å². The largest absolute Gasteiger partial charge is 0.510 e. The van der Waals surface area contributed by atoms with E-state index in [1.165, 1.54) is 4.57 Å². The minimum atomic E-state index is -4.60. The number of hydrogen-bond acceptors (Lipinski definition) is 8. The molecule has 2 aromatic rings. The van der Waals surface area contributed by atoms with Gasteiger partial charge in [-0.25, -0.2) is 28.0 Å². The first-order chi connectivity index (χ1) is 18.3. The molecule has 1 aliphatic carbocycles. The Labute approximate surface area is 230 Å². The van der Waals surface area contributed by atoms with Crippen molar-refractivity contribution in [2.24, 2.45) is 11.3 Å². The highest BCUT2D eigenvalue weighted by molar-refractivity contribution is 7.46. The van der Waals surface area contributed by atoms with Crippen LogP contribution in [0.5, 0.6) is 0 Å². The van der Waals surface area contributed by atoms with Gasteiger partial charge in [-0.05, 0) is 51.0 Å². The van der Waals surface area contributed by atoms with Gasteiger partial charge in [0.05, 0.1) is 12.2 Å². The Bertz CT molecular complexity index is 1380. The number of nitriles is 1. The van der Waals surface area contributed by atoms with Crippen LogP contribution in [-0.2, 0) is 28.9 Å². The quantitative estimate of drug-likeness (QED) is 0.251. The lowest BCUT2D eigenvalue weighted by molar-refractivity contribution is -0.121. The predicted molar refractivity (Wildman–Crippen MR) is 138 cm³/mol. The highest BCUT2D eigenvalue weighted by atomic mass is 31.2. The van der Waals surface area contributed by atoms with E-state index < -0.39 is 66.4 Å². The summed E-state index contributed by atoms with van der Waals surface area (Å²) in [4.78, 5) is 48.7. The fourth-order valence-corrected chi connectivity index (χ4v) is 4.65. The average molecular weight is 587 g/mol. The number of ether oxygens (including phenoxy) is 2. The van der Waals surface area contributed by atoms with Crippen LogP contribution in [0.2, 0.25) is 0 Å². The minimum Gasteiger partial charge on any atom is -0.431 e. The second kappa shape index (κ2) is 11.4. The van der Waals surface area contributed by atoms with Gasteiger partial charge in [-0.15, -0.1) is 0 Å². The molecule has 1 saturated carbocycles. The monoisotopic (exact) mass is 586 g/mol. The number of aromatic nitrogens is 2. The van der Waals surface area contributed by atoms with Crippen LogP contribution >= 0.6 is 7.82 Å². The molecule has 1 heterocycles. The molecule has 1 aromatic carbocycles. The molecule has 0 unspecified atom stereocenters. The van der Waals surface area contributed by atoms with Crippen LogP contribution in [0.3, 0.4) is 0 Å². The third-order valence-corrected chi connectivity index (χ3v) is 6.55. The highest BCUT2D eigenvalue weighted by Crippen LogP contribution is 2.40. The van der Waals surface area contributed by atoms with Crippen LogP contribution < -0.4 is 4.90 Å². The van der Waals surface area contributed by atoms with Crippen molar-refractivity contribution in [1.82, 2.24) is 9.55 Å². The van der Waals surface area contributed by atoms with E-state index in [9.17, 15) is 23.8 Å². The van der Waals surface area contributed by atoms with E-state index in [1.54, 1.807) is 26.8 Å². The molecule has 0 spiro atoms. The number of amides is 1. The van der Waals surface area contributed by atoms with Crippen LogP contribution in [0.15, 0.2) is 6.07 Å². The summed E-state index contributed by atoms with van der Waals surface area (Å²) >= 11 is 0. The van der Waals surface area contributed by atoms with Crippen molar-refractivity contribution in [1.29, 1.82) is 5.26 Å². The molecule has 40 heavy (non-hydrogen) atoms. The van der Waals surface area contributed by atoms with Crippen LogP contribution in [0.4, 0.5) is 19.5 Å². The molecule has 12 nitrogen and oxygen atoms in total. The Morgan fingerprint density at radius 1 is 1.23 bits per heavy atom. The normalized spacial score (nSPS) is 17.7. The number of phosphoric acid groups is 1. The third-order valence-electron chi connectivity index (χ3n) is 6.06. The molecule has 15 heteroatoms. The molecular formula is C25H33F2N4O8P. The minimum absolute atomic E-state index is 0.0307. The summed E-state index contributed by atoms with van der Waals surface area (Å²) < 4.78 is 57.2. The summed E-state index contributed by atoms with van der Waals surface area (Å²) in [7, 11) is -4.60. The molecule has 0 saturated heterocycles. The first-order valence-electron chi connectivity index (χ1n) is 12.5. The first-order valence-corrected chi connectivity index (χ1v) is 14.0. The Hall–Kier alpha value is -3.11. The van der Waals surface area contributed by atoms with Crippen LogP contribution in [0.1, 0.15) is 66.4 Å². The second-order valence-electron chi connectivity index (χ2n) is 11.9. The lowest BCUT2D eigenvalue weighted by atomic mass is 9.83. The topological polar surface area (TPSA) is 164 Å². The van der Waals surface area contributed by atoms with Gasteiger partial charge in [-0.3, -0.25) is 9.32 Å². The standard InChI is InChI=1S/C25H33F2N4O8P/c1-24(2,3)10-18(32)30(13-37-23(33)39-16-7-14(8-16)12-38-40(34,35)36)22-29-20-17(26)9-15(11-28)19(27)21(20)31(22)25(4,5)6/h9,14,16H,7-8,10,12-13H2,1-6H3,(H2,34,35,36). The third kappa shape index (κ3) is 7.54. The van der Waals surface area contributed by atoms with Crippen molar-refractivity contribution in [3.63, 3.8) is 0 Å². The van der Waals surface area contributed by atoms with Crippen LogP contribution in [0, 0.1) is 34.3 Å². The molecule has 1 fully saturated rings. The summed E-state index contributed by atoms with van der Waals surface area (Å²) in [5.74, 6) is -2.90. The SMILES string of the molecule is CC(C)(C)CC(=O)N(COC(=O)OC1CC(COP(=O)(O)O)C1)c1nc2c(F)cc(C#N)c(F)c2n1C(C)(C)C. The van der Waals surface area contributed by atoms with Gasteiger partial charge < -0.3 is 23.8 Å². The maximum Gasteiger partial charge on any atom is 0.510 e. The number of phosphoric ester groups is 1. The fraction of sp³-hybridized carbons (Fsp3) is 0.600. The lowest BCUT2D eigenvalue weighted by Gasteiger charge is -2.34. The van der Waals surface area contributed by atoms with E-state index in [1.807, 2.05) is 20.8 Å². The maximum absolute atomic E-state index is 15.3. The van der Waals surface area contributed by atoms with Gasteiger partial charge in [0.25, 0.3) is 0 Å². The number of halogens is 2. The van der Waals surface area contributed by atoms with Gasteiger partial charge in [-0.1, -0.05) is 20.8 Å². The molecule has 1 aliphatic rings. The summed E-state index contributed by atoms with van der Waals surface area (Å²) in [6, 6.07) is 2.35. The van der Waals surface area contributed by atoms with Crippen LogP contribution in [0.25, 0.3) is 11.0 Å². The fourth-order valence-electron chi connectivity index (χ4n) is 4.25. The number of hydrogen-bond donors (Lipinski definition) is 2. The molecule has 0 bridgehead atoms. The summed E-state index contributed by atoms with van der Waals surface area (Å²) in [6.45, 7) is 9.60. The van der Waals surface area contributed by atoms with Crippen molar-refractivity contribution in [2.45, 2.75) is 72.4 Å². The Balaban J connectivity index is 1.88.